The van der Waals surface area contributed by atoms with E-state index in [1.54, 1.807) is 4.90 Å². The molecule has 2 heterocycles. The molecule has 0 aromatic rings. The minimum absolute atomic E-state index is 0. The molecule has 0 spiro atoms. The molecule has 3 rings (SSSR count). The average molecular weight is 330 g/mol. The summed E-state index contributed by atoms with van der Waals surface area (Å²) in [6, 6.07) is 0. The van der Waals surface area contributed by atoms with E-state index < -0.39 is 0 Å². The highest BCUT2D eigenvalue weighted by Gasteiger charge is 2.47. The van der Waals surface area contributed by atoms with E-state index in [1.165, 1.54) is 0 Å². The van der Waals surface area contributed by atoms with Crippen LogP contribution in [0.15, 0.2) is 0 Å². The number of carbonyl (C=O) groups excluding carboxylic acids is 2. The molecule has 0 aromatic carbocycles. The highest BCUT2D eigenvalue weighted by molar-refractivity contribution is 6.05. The summed E-state index contributed by atoms with van der Waals surface area (Å²) in [5.41, 5.74) is 0. The fourth-order valence-corrected chi connectivity index (χ4v) is 3.99. The Hall–Kier alpha value is -0.650. The smallest absolute Gasteiger partial charge is 0.233 e. The summed E-state index contributed by atoms with van der Waals surface area (Å²) >= 11 is 0. The third-order valence-corrected chi connectivity index (χ3v) is 5.25. The zero-order valence-electron chi connectivity index (χ0n) is 13.3. The van der Waals surface area contributed by atoms with Gasteiger partial charge in [0.05, 0.1) is 11.8 Å². The van der Waals surface area contributed by atoms with Crippen LogP contribution in [0.2, 0.25) is 0 Å². The van der Waals surface area contributed by atoms with E-state index in [9.17, 15) is 9.59 Å². The number of piperazine rings is 1. The number of nitrogens with zero attached hydrogens (tertiary/aromatic N) is 2. The van der Waals surface area contributed by atoms with Crippen LogP contribution in [-0.2, 0) is 9.59 Å². The lowest BCUT2D eigenvalue weighted by Crippen LogP contribution is -2.43. The SMILES string of the molecule is Cl.O=C1[C@H]2CCCC[C@H]2C(=O)N1CCCCN1CCNCC1. The second-order valence-corrected chi connectivity index (χ2v) is 6.62. The van der Waals surface area contributed by atoms with Gasteiger partial charge in [-0.15, -0.1) is 12.4 Å². The number of rotatable bonds is 5. The number of hydrogen-bond acceptors (Lipinski definition) is 4. The maximum absolute atomic E-state index is 12.3. The Morgan fingerprint density at radius 2 is 1.45 bits per heavy atom. The van der Waals surface area contributed by atoms with Gasteiger partial charge in [0.1, 0.15) is 0 Å². The Morgan fingerprint density at radius 1 is 0.909 bits per heavy atom. The Morgan fingerprint density at radius 3 is 2.05 bits per heavy atom. The summed E-state index contributed by atoms with van der Waals surface area (Å²) in [6.45, 7) is 6.11. The molecule has 2 amide bonds. The van der Waals surface area contributed by atoms with E-state index in [0.29, 0.717) is 6.54 Å². The van der Waals surface area contributed by atoms with Crippen molar-refractivity contribution in [1.29, 1.82) is 0 Å². The van der Waals surface area contributed by atoms with Crippen molar-refractivity contribution in [2.45, 2.75) is 38.5 Å². The van der Waals surface area contributed by atoms with Gasteiger partial charge in [-0.3, -0.25) is 14.5 Å². The number of nitrogens with one attached hydrogen (secondary N) is 1. The van der Waals surface area contributed by atoms with Crippen LogP contribution in [0.5, 0.6) is 0 Å². The lowest BCUT2D eigenvalue weighted by Gasteiger charge is -2.27. The van der Waals surface area contributed by atoms with Gasteiger partial charge < -0.3 is 10.2 Å². The molecule has 0 unspecified atom stereocenters. The van der Waals surface area contributed by atoms with Crippen molar-refractivity contribution in [2.24, 2.45) is 11.8 Å². The molecule has 1 aliphatic carbocycles. The van der Waals surface area contributed by atoms with E-state index in [4.69, 9.17) is 0 Å². The van der Waals surface area contributed by atoms with Gasteiger partial charge >= 0.3 is 0 Å². The fraction of sp³-hybridized carbons (Fsp3) is 0.875. The van der Waals surface area contributed by atoms with Crippen molar-refractivity contribution in [3.05, 3.63) is 0 Å². The summed E-state index contributed by atoms with van der Waals surface area (Å²) in [7, 11) is 0. The van der Waals surface area contributed by atoms with E-state index in [2.05, 4.69) is 10.2 Å². The van der Waals surface area contributed by atoms with Gasteiger partial charge in [0.15, 0.2) is 0 Å². The molecular weight excluding hydrogens is 302 g/mol. The number of fused-ring (bicyclic) bond motifs is 1. The zero-order valence-corrected chi connectivity index (χ0v) is 14.1. The molecule has 5 nitrogen and oxygen atoms in total. The van der Waals surface area contributed by atoms with Gasteiger partial charge in [-0.1, -0.05) is 12.8 Å². The monoisotopic (exact) mass is 329 g/mol. The molecule has 22 heavy (non-hydrogen) atoms. The van der Waals surface area contributed by atoms with Crippen LogP contribution >= 0.6 is 12.4 Å². The Balaban J connectivity index is 0.00000176. The zero-order chi connectivity index (χ0) is 14.7. The van der Waals surface area contributed by atoms with Crippen molar-refractivity contribution in [3.8, 4) is 0 Å². The first-order chi connectivity index (χ1) is 10.3. The van der Waals surface area contributed by atoms with E-state index in [0.717, 1.165) is 71.2 Å². The molecule has 126 valence electrons. The predicted molar refractivity (Wildman–Crippen MR) is 88.0 cm³/mol. The molecular formula is C16H28ClN3O2. The van der Waals surface area contributed by atoms with Gasteiger partial charge in [-0.2, -0.15) is 0 Å². The second-order valence-electron chi connectivity index (χ2n) is 6.62. The molecule has 2 aliphatic heterocycles. The minimum Gasteiger partial charge on any atom is -0.314 e. The van der Waals surface area contributed by atoms with Crippen LogP contribution in [0, 0.1) is 11.8 Å². The van der Waals surface area contributed by atoms with Crippen LogP contribution in [-0.4, -0.2) is 60.9 Å². The second kappa shape index (κ2) is 8.27. The summed E-state index contributed by atoms with van der Waals surface area (Å²) in [5.74, 6) is 0.262. The number of unbranched alkanes of at least 4 members (excludes halogenated alkanes) is 1. The highest BCUT2D eigenvalue weighted by atomic mass is 35.5. The fourth-order valence-electron chi connectivity index (χ4n) is 3.99. The maximum atomic E-state index is 12.3. The van der Waals surface area contributed by atoms with E-state index in [-0.39, 0.29) is 36.1 Å². The molecule has 1 saturated carbocycles. The molecule has 6 heteroatoms. The largest absolute Gasteiger partial charge is 0.314 e. The van der Waals surface area contributed by atoms with Gasteiger partial charge in [0.2, 0.25) is 11.8 Å². The molecule has 3 aliphatic rings. The van der Waals surface area contributed by atoms with Crippen LogP contribution in [0.4, 0.5) is 0 Å². The normalized spacial score (nSPS) is 29.4. The molecule has 0 aromatic heterocycles. The standard InChI is InChI=1S/C16H27N3O2.ClH/c20-15-13-5-1-2-6-14(13)16(21)19(15)10-4-3-9-18-11-7-17-8-12-18;/h13-14,17H,1-12H2;1H/t13-,14+;. The molecule has 0 bridgehead atoms. The summed E-state index contributed by atoms with van der Waals surface area (Å²) in [6.07, 6.45) is 6.08. The molecule has 2 saturated heterocycles. The van der Waals surface area contributed by atoms with Crippen molar-refractivity contribution in [2.75, 3.05) is 39.3 Å². The van der Waals surface area contributed by atoms with Crippen molar-refractivity contribution < 1.29 is 9.59 Å². The number of hydrogen-bond donors (Lipinski definition) is 1. The topological polar surface area (TPSA) is 52.7 Å². The van der Waals surface area contributed by atoms with Crippen LogP contribution in [0.3, 0.4) is 0 Å². The van der Waals surface area contributed by atoms with Gasteiger partial charge in [-0.25, -0.2) is 0 Å². The average Bonchev–Trinajstić information content (AvgIpc) is 2.77. The molecule has 2 atom stereocenters. The number of imide groups is 1. The molecule has 0 radical (unpaired) electrons. The first kappa shape index (κ1) is 17.7. The van der Waals surface area contributed by atoms with E-state index in [1.807, 2.05) is 0 Å². The third kappa shape index (κ3) is 3.81. The van der Waals surface area contributed by atoms with Crippen LogP contribution in [0.25, 0.3) is 0 Å². The Labute approximate surface area is 139 Å². The number of carbonyl (C=O) groups is 2. The minimum atomic E-state index is 0. The third-order valence-electron chi connectivity index (χ3n) is 5.25. The molecule has 1 N–H and O–H groups in total. The quantitative estimate of drug-likeness (QED) is 0.609. The first-order valence-electron chi connectivity index (χ1n) is 8.55. The van der Waals surface area contributed by atoms with Crippen LogP contribution in [0.1, 0.15) is 38.5 Å². The van der Waals surface area contributed by atoms with Gasteiger partial charge in [0.25, 0.3) is 0 Å². The number of amides is 2. The predicted octanol–water partition coefficient (Wildman–Crippen LogP) is 1.27. The number of halogens is 1. The molecule has 3 fully saturated rings. The van der Waals surface area contributed by atoms with Gasteiger partial charge in [-0.05, 0) is 32.2 Å². The maximum Gasteiger partial charge on any atom is 0.233 e. The van der Waals surface area contributed by atoms with Gasteiger partial charge in [0, 0.05) is 32.7 Å². The van der Waals surface area contributed by atoms with Crippen LogP contribution < -0.4 is 5.32 Å². The van der Waals surface area contributed by atoms with E-state index >= 15 is 0 Å². The first-order valence-corrected chi connectivity index (χ1v) is 8.55. The van der Waals surface area contributed by atoms with Crippen molar-refractivity contribution in [1.82, 2.24) is 15.1 Å². The highest BCUT2D eigenvalue weighted by Crippen LogP contribution is 2.37. The lowest BCUT2D eigenvalue weighted by molar-refractivity contribution is -0.140. The van der Waals surface area contributed by atoms with Crippen molar-refractivity contribution in [3.63, 3.8) is 0 Å². The number of likely N-dealkylation sites (tertiary alicyclic amines) is 1. The lowest BCUT2D eigenvalue weighted by atomic mass is 9.81. The summed E-state index contributed by atoms with van der Waals surface area (Å²) in [5, 5.41) is 3.35. The Bertz CT molecular complexity index is 375. The summed E-state index contributed by atoms with van der Waals surface area (Å²) in [4.78, 5) is 28.7. The Kier molecular flexibility index (Phi) is 6.66. The van der Waals surface area contributed by atoms with Crippen molar-refractivity contribution >= 4 is 24.2 Å². The summed E-state index contributed by atoms with van der Waals surface area (Å²) < 4.78 is 0.